The van der Waals surface area contributed by atoms with Crippen molar-refractivity contribution in [1.29, 1.82) is 0 Å². The van der Waals surface area contributed by atoms with Crippen LogP contribution in [0.5, 0.6) is 0 Å². The van der Waals surface area contributed by atoms with Gasteiger partial charge in [-0.05, 0) is 35.2 Å². The van der Waals surface area contributed by atoms with Gasteiger partial charge in [0, 0.05) is 55.9 Å². The van der Waals surface area contributed by atoms with Crippen LogP contribution in [0.25, 0.3) is 10.9 Å². The van der Waals surface area contributed by atoms with Crippen molar-refractivity contribution in [2.24, 2.45) is 0 Å². The quantitative estimate of drug-likeness (QED) is 0.464. The van der Waals surface area contributed by atoms with Crippen molar-refractivity contribution in [2.75, 3.05) is 31.1 Å². The highest BCUT2D eigenvalue weighted by atomic mass is 32.1. The van der Waals surface area contributed by atoms with Crippen LogP contribution < -0.4 is 10.2 Å². The highest BCUT2D eigenvalue weighted by Crippen LogP contribution is 2.21. The fraction of sp³-hybridized carbons (Fsp3) is 0.240. The fourth-order valence-corrected chi connectivity index (χ4v) is 4.90. The SMILES string of the molecule is O=C(NC(Cc1c[nH]c2ccccc12)C(=O)N1CCN(c2ccccn2)CC1)c1cccs1. The maximum Gasteiger partial charge on any atom is 0.262 e. The maximum atomic E-state index is 13.6. The first-order chi connectivity index (χ1) is 16.2. The molecular formula is C25H25N5O2S. The van der Waals surface area contributed by atoms with Crippen LogP contribution in [0.15, 0.2) is 72.4 Å². The minimum absolute atomic E-state index is 0.0501. The van der Waals surface area contributed by atoms with Gasteiger partial charge < -0.3 is 20.1 Å². The molecule has 0 spiro atoms. The number of aromatic nitrogens is 2. The first-order valence-corrected chi connectivity index (χ1v) is 11.9. The van der Waals surface area contributed by atoms with Gasteiger partial charge in [-0.3, -0.25) is 9.59 Å². The standard InChI is InChI=1S/C25H25N5O2S/c31-24(22-8-5-15-33-22)28-21(16-18-17-27-20-7-2-1-6-19(18)20)25(32)30-13-11-29(12-14-30)23-9-3-4-10-26-23/h1-10,15,17,21,27H,11-14,16H2,(H,28,31). The summed E-state index contributed by atoms with van der Waals surface area (Å²) in [6.07, 6.45) is 4.14. The summed E-state index contributed by atoms with van der Waals surface area (Å²) in [5, 5.41) is 5.94. The van der Waals surface area contributed by atoms with E-state index in [2.05, 4.69) is 20.2 Å². The second-order valence-corrected chi connectivity index (χ2v) is 9.01. The Kier molecular flexibility index (Phi) is 6.08. The molecule has 0 bridgehead atoms. The van der Waals surface area contributed by atoms with Crippen LogP contribution in [0.1, 0.15) is 15.2 Å². The molecule has 8 heteroatoms. The second kappa shape index (κ2) is 9.46. The molecule has 0 aliphatic carbocycles. The number of fused-ring (bicyclic) bond motifs is 1. The Labute approximate surface area is 196 Å². The highest BCUT2D eigenvalue weighted by Gasteiger charge is 2.30. The summed E-state index contributed by atoms with van der Waals surface area (Å²) in [6, 6.07) is 16.8. The lowest BCUT2D eigenvalue weighted by Crippen LogP contribution is -2.55. The number of nitrogens with one attached hydrogen (secondary N) is 2. The molecule has 1 fully saturated rings. The number of hydrogen-bond acceptors (Lipinski definition) is 5. The van der Waals surface area contributed by atoms with Gasteiger partial charge in [-0.1, -0.05) is 30.3 Å². The van der Waals surface area contributed by atoms with E-state index in [4.69, 9.17) is 0 Å². The summed E-state index contributed by atoms with van der Waals surface area (Å²) in [6.45, 7) is 2.60. The van der Waals surface area contributed by atoms with Crippen molar-refractivity contribution in [2.45, 2.75) is 12.5 Å². The summed E-state index contributed by atoms with van der Waals surface area (Å²) in [5.74, 6) is 0.659. The zero-order chi connectivity index (χ0) is 22.6. The smallest absolute Gasteiger partial charge is 0.262 e. The summed E-state index contributed by atoms with van der Waals surface area (Å²) >= 11 is 1.37. The van der Waals surface area contributed by atoms with Crippen molar-refractivity contribution < 1.29 is 9.59 Å². The van der Waals surface area contributed by atoms with Crippen LogP contribution in [0.4, 0.5) is 5.82 Å². The van der Waals surface area contributed by atoms with Gasteiger partial charge in [-0.15, -0.1) is 11.3 Å². The first-order valence-electron chi connectivity index (χ1n) is 11.0. The highest BCUT2D eigenvalue weighted by molar-refractivity contribution is 7.12. The van der Waals surface area contributed by atoms with E-state index in [0.717, 1.165) is 22.3 Å². The average molecular weight is 460 g/mol. The summed E-state index contributed by atoms with van der Waals surface area (Å²) < 4.78 is 0. The predicted octanol–water partition coefficient (Wildman–Crippen LogP) is 3.31. The van der Waals surface area contributed by atoms with E-state index in [1.54, 1.807) is 12.3 Å². The average Bonchev–Trinajstić information content (AvgIpc) is 3.55. The number of pyridine rings is 1. The normalized spacial score (nSPS) is 14.9. The van der Waals surface area contributed by atoms with E-state index in [1.165, 1.54) is 11.3 Å². The van der Waals surface area contributed by atoms with Crippen molar-refractivity contribution in [3.8, 4) is 0 Å². The van der Waals surface area contributed by atoms with Crippen LogP contribution >= 0.6 is 11.3 Å². The number of nitrogens with zero attached hydrogens (tertiary/aromatic N) is 3. The summed E-state index contributed by atoms with van der Waals surface area (Å²) in [4.78, 5) is 38.7. The third-order valence-corrected chi connectivity index (χ3v) is 6.88. The zero-order valence-electron chi connectivity index (χ0n) is 18.1. The summed E-state index contributed by atoms with van der Waals surface area (Å²) in [7, 11) is 0. The molecule has 2 amide bonds. The van der Waals surface area contributed by atoms with Crippen molar-refractivity contribution in [3.05, 3.63) is 82.8 Å². The number of carbonyl (C=O) groups excluding carboxylic acids is 2. The third-order valence-electron chi connectivity index (χ3n) is 6.01. The molecule has 3 aromatic heterocycles. The number of H-pyrrole nitrogens is 1. The van der Waals surface area contributed by atoms with Gasteiger partial charge in [0.05, 0.1) is 4.88 Å². The largest absolute Gasteiger partial charge is 0.361 e. The molecule has 1 aliphatic rings. The Morgan fingerprint density at radius 2 is 1.85 bits per heavy atom. The molecule has 0 radical (unpaired) electrons. The maximum absolute atomic E-state index is 13.6. The van der Waals surface area contributed by atoms with E-state index in [-0.39, 0.29) is 11.8 Å². The number of piperazine rings is 1. The lowest BCUT2D eigenvalue weighted by molar-refractivity contribution is -0.133. The van der Waals surface area contributed by atoms with Crippen LogP contribution in [0.2, 0.25) is 0 Å². The Bertz CT molecular complexity index is 1230. The Balaban J connectivity index is 1.33. The molecule has 168 valence electrons. The van der Waals surface area contributed by atoms with E-state index in [1.807, 2.05) is 65.0 Å². The Hall–Kier alpha value is -3.65. The second-order valence-electron chi connectivity index (χ2n) is 8.07. The summed E-state index contributed by atoms with van der Waals surface area (Å²) in [5.41, 5.74) is 2.04. The number of anilines is 1. The van der Waals surface area contributed by atoms with Gasteiger partial charge in [0.2, 0.25) is 5.91 Å². The number of amides is 2. The predicted molar refractivity (Wildman–Crippen MR) is 131 cm³/mol. The van der Waals surface area contributed by atoms with E-state index in [9.17, 15) is 9.59 Å². The minimum Gasteiger partial charge on any atom is -0.361 e. The lowest BCUT2D eigenvalue weighted by Gasteiger charge is -2.37. The molecule has 7 nitrogen and oxygen atoms in total. The molecule has 1 aromatic carbocycles. The zero-order valence-corrected chi connectivity index (χ0v) is 18.9. The topological polar surface area (TPSA) is 81.3 Å². The number of benzene rings is 1. The molecule has 1 unspecified atom stereocenters. The number of aromatic amines is 1. The van der Waals surface area contributed by atoms with Gasteiger partial charge in [0.15, 0.2) is 0 Å². The minimum atomic E-state index is -0.639. The van der Waals surface area contributed by atoms with Crippen molar-refractivity contribution in [1.82, 2.24) is 20.2 Å². The van der Waals surface area contributed by atoms with Crippen LogP contribution in [-0.4, -0.2) is 58.9 Å². The number of para-hydroxylation sites is 1. The van der Waals surface area contributed by atoms with Gasteiger partial charge in [-0.25, -0.2) is 4.98 Å². The monoisotopic (exact) mass is 459 g/mol. The third kappa shape index (κ3) is 4.61. The molecule has 1 saturated heterocycles. The molecule has 5 rings (SSSR count). The van der Waals surface area contributed by atoms with E-state index < -0.39 is 6.04 Å². The van der Waals surface area contributed by atoms with Gasteiger partial charge in [-0.2, -0.15) is 0 Å². The van der Waals surface area contributed by atoms with Gasteiger partial charge >= 0.3 is 0 Å². The van der Waals surface area contributed by atoms with Crippen LogP contribution in [0.3, 0.4) is 0 Å². The Morgan fingerprint density at radius 1 is 1.03 bits per heavy atom. The number of thiophene rings is 1. The molecule has 1 aliphatic heterocycles. The van der Waals surface area contributed by atoms with Gasteiger partial charge in [0.1, 0.15) is 11.9 Å². The Morgan fingerprint density at radius 3 is 2.61 bits per heavy atom. The van der Waals surface area contributed by atoms with Crippen LogP contribution in [0, 0.1) is 0 Å². The fourth-order valence-electron chi connectivity index (χ4n) is 4.27. The molecule has 33 heavy (non-hydrogen) atoms. The number of carbonyl (C=O) groups is 2. The lowest BCUT2D eigenvalue weighted by atomic mass is 10.0. The molecular weight excluding hydrogens is 434 g/mol. The number of hydrogen-bond donors (Lipinski definition) is 2. The van der Waals surface area contributed by atoms with Crippen molar-refractivity contribution in [3.63, 3.8) is 0 Å². The molecule has 2 N–H and O–H groups in total. The first kappa shape index (κ1) is 21.2. The van der Waals surface area contributed by atoms with Gasteiger partial charge in [0.25, 0.3) is 5.91 Å². The molecule has 1 atom stereocenters. The molecule has 0 saturated carbocycles. The van der Waals surface area contributed by atoms with E-state index >= 15 is 0 Å². The molecule has 4 aromatic rings. The van der Waals surface area contributed by atoms with E-state index in [0.29, 0.717) is 37.5 Å². The molecule has 4 heterocycles. The number of rotatable bonds is 6. The van der Waals surface area contributed by atoms with Crippen molar-refractivity contribution >= 4 is 39.9 Å². The van der Waals surface area contributed by atoms with Crippen LogP contribution in [-0.2, 0) is 11.2 Å².